The molecule has 1 aliphatic heterocycles. The molecule has 7 nitrogen and oxygen atoms in total. The number of sulfonamides is 1. The van der Waals surface area contributed by atoms with E-state index in [1.54, 1.807) is 0 Å². The molecule has 1 aliphatic rings. The van der Waals surface area contributed by atoms with E-state index in [0.29, 0.717) is 36.4 Å². The first-order valence-electron chi connectivity index (χ1n) is 9.94. The largest absolute Gasteiger partial charge is 0.487 e. The Morgan fingerprint density at radius 1 is 1.07 bits per heavy atom. The van der Waals surface area contributed by atoms with Crippen molar-refractivity contribution in [1.82, 2.24) is 4.47 Å². The Morgan fingerprint density at radius 3 is 2.28 bits per heavy atom. The van der Waals surface area contributed by atoms with Gasteiger partial charge in [0.25, 0.3) is 10.0 Å². The van der Waals surface area contributed by atoms with Gasteiger partial charge in [0.05, 0.1) is 11.5 Å². The standard InChI is InChI=1S/C20H35N3O4S.ClH/c1-14-15(2)19(16(3)17-8-9-20(4,5)27-18(14)17)28(24,25)23(12-6-10-21)26-13-7-11-22;/h6-13,21-22H2,1-5H3;1H. The minimum atomic E-state index is -3.84. The number of hydroxylamine groups is 1. The lowest BCUT2D eigenvalue weighted by molar-refractivity contribution is -0.0847. The van der Waals surface area contributed by atoms with Gasteiger partial charge in [0.15, 0.2) is 0 Å². The van der Waals surface area contributed by atoms with Crippen molar-refractivity contribution >= 4 is 22.4 Å². The predicted molar refractivity (Wildman–Crippen MR) is 118 cm³/mol. The maximum atomic E-state index is 13.5. The lowest BCUT2D eigenvalue weighted by Crippen LogP contribution is -2.36. The van der Waals surface area contributed by atoms with Gasteiger partial charge in [0.2, 0.25) is 0 Å². The van der Waals surface area contributed by atoms with Crippen LogP contribution in [-0.4, -0.2) is 44.7 Å². The van der Waals surface area contributed by atoms with Crippen molar-refractivity contribution in [2.24, 2.45) is 11.5 Å². The van der Waals surface area contributed by atoms with E-state index in [9.17, 15) is 8.42 Å². The lowest BCUT2D eigenvalue weighted by Gasteiger charge is -2.36. The summed E-state index contributed by atoms with van der Waals surface area (Å²) in [6.45, 7) is 11.0. The van der Waals surface area contributed by atoms with Crippen molar-refractivity contribution in [2.75, 3.05) is 26.2 Å². The minimum Gasteiger partial charge on any atom is -0.487 e. The van der Waals surface area contributed by atoms with Crippen LogP contribution in [0.4, 0.5) is 0 Å². The summed E-state index contributed by atoms with van der Waals surface area (Å²) >= 11 is 0. The topological polar surface area (TPSA) is 108 Å². The number of hydrogen-bond acceptors (Lipinski definition) is 6. The van der Waals surface area contributed by atoms with Crippen LogP contribution < -0.4 is 16.2 Å². The Kier molecular flexibility index (Phi) is 9.39. The third-order valence-electron chi connectivity index (χ3n) is 5.32. The quantitative estimate of drug-likeness (QED) is 0.443. The fourth-order valence-corrected chi connectivity index (χ4v) is 5.40. The Labute approximate surface area is 181 Å². The van der Waals surface area contributed by atoms with Gasteiger partial charge in [-0.05, 0) is 95.6 Å². The summed E-state index contributed by atoms with van der Waals surface area (Å²) in [5.74, 6) is 0.822. The molecular formula is C20H36ClN3O4S. The van der Waals surface area contributed by atoms with Crippen LogP contribution in [0.15, 0.2) is 4.90 Å². The first-order valence-corrected chi connectivity index (χ1v) is 11.4. The molecule has 1 heterocycles. The van der Waals surface area contributed by atoms with Crippen molar-refractivity contribution in [3.8, 4) is 5.75 Å². The van der Waals surface area contributed by atoms with Gasteiger partial charge in [-0.1, -0.05) is 4.47 Å². The minimum absolute atomic E-state index is 0. The zero-order chi connectivity index (χ0) is 21.1. The van der Waals surface area contributed by atoms with Crippen LogP contribution in [0.5, 0.6) is 5.75 Å². The van der Waals surface area contributed by atoms with Crippen molar-refractivity contribution in [2.45, 2.75) is 70.8 Å². The molecule has 0 radical (unpaired) electrons. The second-order valence-corrected chi connectivity index (χ2v) is 9.79. The number of nitrogens with zero attached hydrogens (tertiary/aromatic N) is 1. The number of benzene rings is 1. The third kappa shape index (κ3) is 5.62. The van der Waals surface area contributed by atoms with Gasteiger partial charge in [-0.15, -0.1) is 12.4 Å². The van der Waals surface area contributed by atoms with Crippen molar-refractivity contribution in [1.29, 1.82) is 0 Å². The molecule has 0 spiro atoms. The normalized spacial score (nSPS) is 15.6. The molecule has 4 N–H and O–H groups in total. The zero-order valence-corrected chi connectivity index (χ0v) is 19.8. The first kappa shape index (κ1) is 26.1. The summed E-state index contributed by atoms with van der Waals surface area (Å²) in [4.78, 5) is 5.93. The highest BCUT2D eigenvalue weighted by Gasteiger charge is 2.35. The Morgan fingerprint density at radius 2 is 1.69 bits per heavy atom. The number of fused-ring (bicyclic) bond motifs is 1. The number of ether oxygens (including phenoxy) is 1. The van der Waals surface area contributed by atoms with E-state index in [4.69, 9.17) is 21.0 Å². The molecule has 0 aliphatic carbocycles. The molecule has 0 bridgehead atoms. The number of nitrogens with two attached hydrogens (primary N) is 2. The maximum absolute atomic E-state index is 13.5. The monoisotopic (exact) mass is 449 g/mol. The highest BCUT2D eigenvalue weighted by Crippen LogP contribution is 2.42. The smallest absolute Gasteiger partial charge is 0.265 e. The maximum Gasteiger partial charge on any atom is 0.265 e. The Hall–Kier alpha value is -0.900. The van der Waals surface area contributed by atoms with E-state index in [1.165, 1.54) is 0 Å². The highest BCUT2D eigenvalue weighted by atomic mass is 35.5. The van der Waals surface area contributed by atoms with Crippen LogP contribution >= 0.6 is 12.4 Å². The van der Waals surface area contributed by atoms with Gasteiger partial charge in [-0.2, -0.15) is 0 Å². The molecular weight excluding hydrogens is 414 g/mol. The van der Waals surface area contributed by atoms with Crippen molar-refractivity contribution in [3.63, 3.8) is 0 Å². The summed E-state index contributed by atoms with van der Waals surface area (Å²) < 4.78 is 34.4. The molecule has 0 aromatic heterocycles. The number of halogens is 1. The fourth-order valence-electron chi connectivity index (χ4n) is 3.56. The summed E-state index contributed by atoms with van der Waals surface area (Å²) in [6.07, 6.45) is 2.72. The number of rotatable bonds is 9. The second-order valence-electron chi connectivity index (χ2n) is 8.02. The molecule has 9 heteroatoms. The summed E-state index contributed by atoms with van der Waals surface area (Å²) in [5, 5.41) is 0. The average Bonchev–Trinajstić information content (AvgIpc) is 2.61. The second kappa shape index (κ2) is 10.4. The molecule has 29 heavy (non-hydrogen) atoms. The van der Waals surface area contributed by atoms with Gasteiger partial charge in [-0.25, -0.2) is 8.42 Å². The fraction of sp³-hybridized carbons (Fsp3) is 0.700. The van der Waals surface area contributed by atoms with E-state index >= 15 is 0 Å². The summed E-state index contributed by atoms with van der Waals surface area (Å²) in [5.41, 5.74) is 14.2. The number of hydrogen-bond donors (Lipinski definition) is 2. The highest BCUT2D eigenvalue weighted by molar-refractivity contribution is 7.89. The van der Waals surface area contributed by atoms with Crippen molar-refractivity contribution in [3.05, 3.63) is 22.3 Å². The molecule has 1 aromatic rings. The van der Waals surface area contributed by atoms with Crippen LogP contribution in [0.3, 0.4) is 0 Å². The molecule has 0 atom stereocenters. The van der Waals surface area contributed by atoms with Gasteiger partial charge >= 0.3 is 0 Å². The van der Waals surface area contributed by atoms with Crippen LogP contribution in [0, 0.1) is 20.8 Å². The summed E-state index contributed by atoms with van der Waals surface area (Å²) in [6, 6.07) is 0. The molecule has 0 unspecified atom stereocenters. The van der Waals surface area contributed by atoms with Crippen LogP contribution in [0.1, 0.15) is 55.4 Å². The molecule has 168 valence electrons. The molecule has 0 fully saturated rings. The van der Waals surface area contributed by atoms with E-state index in [-0.39, 0.29) is 31.2 Å². The third-order valence-corrected chi connectivity index (χ3v) is 7.27. The summed E-state index contributed by atoms with van der Waals surface area (Å²) in [7, 11) is -3.84. The molecule has 2 rings (SSSR count). The molecule has 0 amide bonds. The van der Waals surface area contributed by atoms with Crippen molar-refractivity contribution < 1.29 is 18.0 Å². The van der Waals surface area contributed by atoms with Crippen LogP contribution in [0.25, 0.3) is 0 Å². The zero-order valence-electron chi connectivity index (χ0n) is 18.2. The van der Waals surface area contributed by atoms with Gasteiger partial charge < -0.3 is 16.2 Å². The Balaban J connectivity index is 0.00000420. The van der Waals surface area contributed by atoms with Gasteiger partial charge in [-0.3, -0.25) is 4.84 Å². The van der Waals surface area contributed by atoms with E-state index in [2.05, 4.69) is 13.8 Å². The van der Waals surface area contributed by atoms with E-state index in [1.807, 2.05) is 20.8 Å². The van der Waals surface area contributed by atoms with Crippen LogP contribution in [-0.2, 0) is 21.3 Å². The first-order chi connectivity index (χ1) is 13.1. The van der Waals surface area contributed by atoms with Gasteiger partial charge in [0, 0.05) is 6.54 Å². The lowest BCUT2D eigenvalue weighted by atomic mass is 9.88. The van der Waals surface area contributed by atoms with Gasteiger partial charge in [0.1, 0.15) is 11.4 Å². The average molecular weight is 450 g/mol. The van der Waals surface area contributed by atoms with E-state index < -0.39 is 10.0 Å². The molecule has 0 saturated heterocycles. The SMILES string of the molecule is Cc1c(C)c(S(=O)(=O)N(CCCN)OCCCN)c(C)c2c1OC(C)(C)CC2.Cl. The predicted octanol–water partition coefficient (Wildman–Crippen LogP) is 2.76. The van der Waals surface area contributed by atoms with Crippen LogP contribution in [0.2, 0.25) is 0 Å². The molecule has 0 saturated carbocycles. The molecule has 1 aromatic carbocycles. The Bertz CT molecular complexity index is 813. The van der Waals surface area contributed by atoms with E-state index in [0.717, 1.165) is 39.8 Å².